The number of carbonyl (C=O) groups is 1. The molecule has 110 valence electrons. The molecule has 0 unspecified atom stereocenters. The zero-order valence-corrected chi connectivity index (χ0v) is 11.6. The molecule has 1 atom stereocenters. The molecule has 0 aromatic heterocycles. The van der Waals surface area contributed by atoms with Gasteiger partial charge in [-0.3, -0.25) is 4.79 Å². The minimum Gasteiger partial charge on any atom is -0.484 e. The van der Waals surface area contributed by atoms with E-state index in [2.05, 4.69) is 0 Å². The van der Waals surface area contributed by atoms with Crippen molar-refractivity contribution in [1.82, 2.24) is 4.90 Å². The zero-order chi connectivity index (χ0) is 14.5. The Labute approximate surface area is 118 Å². The Kier molecular flexibility index (Phi) is 4.95. The van der Waals surface area contributed by atoms with Crippen molar-refractivity contribution in [2.45, 2.75) is 32.3 Å². The third-order valence-corrected chi connectivity index (χ3v) is 3.49. The predicted molar refractivity (Wildman–Crippen MR) is 73.0 cm³/mol. The fourth-order valence-corrected chi connectivity index (χ4v) is 2.32. The van der Waals surface area contributed by atoms with Crippen molar-refractivity contribution < 1.29 is 19.0 Å². The number of rotatable bonds is 4. The van der Waals surface area contributed by atoms with Gasteiger partial charge in [0.1, 0.15) is 11.6 Å². The van der Waals surface area contributed by atoms with Crippen molar-refractivity contribution in [1.29, 1.82) is 0 Å². The summed E-state index contributed by atoms with van der Waals surface area (Å²) >= 11 is 0. The van der Waals surface area contributed by atoms with Crippen molar-refractivity contribution in [3.63, 3.8) is 0 Å². The molecular weight excluding hydrogens is 261 g/mol. The lowest BCUT2D eigenvalue weighted by Crippen LogP contribution is -2.38. The molecule has 1 aliphatic rings. The van der Waals surface area contributed by atoms with Gasteiger partial charge in [0.05, 0.1) is 6.10 Å². The van der Waals surface area contributed by atoms with Crippen molar-refractivity contribution in [2.75, 3.05) is 19.7 Å². The normalized spacial score (nSPS) is 16.9. The second kappa shape index (κ2) is 6.70. The van der Waals surface area contributed by atoms with E-state index >= 15 is 0 Å². The molecule has 4 nitrogen and oxygen atoms in total. The van der Waals surface area contributed by atoms with Crippen LogP contribution < -0.4 is 4.74 Å². The molecule has 0 bridgehead atoms. The lowest BCUT2D eigenvalue weighted by Gasteiger charge is -2.26. The first-order valence-electron chi connectivity index (χ1n) is 6.96. The number of likely N-dealkylation sites (tertiary alicyclic amines) is 1. The van der Waals surface area contributed by atoms with Crippen LogP contribution in [-0.2, 0) is 4.79 Å². The molecule has 2 rings (SSSR count). The second-order valence-electron chi connectivity index (χ2n) is 5.09. The number of hydrogen-bond donors (Lipinski definition) is 1. The van der Waals surface area contributed by atoms with E-state index in [9.17, 15) is 14.3 Å². The molecule has 1 fully saturated rings. The Morgan fingerprint density at radius 3 is 2.70 bits per heavy atom. The highest BCUT2D eigenvalue weighted by Crippen LogP contribution is 2.21. The molecule has 1 heterocycles. The van der Waals surface area contributed by atoms with E-state index in [1.54, 1.807) is 11.0 Å². The lowest BCUT2D eigenvalue weighted by molar-refractivity contribution is -0.134. The number of aliphatic hydroxyl groups excluding tert-OH is 1. The molecule has 20 heavy (non-hydrogen) atoms. The lowest BCUT2D eigenvalue weighted by atomic mass is 10.1. The average Bonchev–Trinajstić information content (AvgIpc) is 2.45. The number of aliphatic hydroxyl groups is 1. The fourth-order valence-electron chi connectivity index (χ4n) is 2.32. The van der Waals surface area contributed by atoms with E-state index in [-0.39, 0.29) is 18.1 Å². The standard InChI is InChI=1S/C15H20FNO3/c1-11(18)13-6-5-12(9-14(13)16)20-10-15(19)17-7-3-2-4-8-17/h5-6,9,11,18H,2-4,7-8,10H2,1H3/t11-/m0/s1. The summed E-state index contributed by atoms with van der Waals surface area (Å²) in [6, 6.07) is 4.24. The van der Waals surface area contributed by atoms with Gasteiger partial charge in [-0.15, -0.1) is 0 Å². The Balaban J connectivity index is 1.90. The quantitative estimate of drug-likeness (QED) is 0.921. The van der Waals surface area contributed by atoms with Gasteiger partial charge in [-0.2, -0.15) is 0 Å². The largest absolute Gasteiger partial charge is 0.484 e. The number of ether oxygens (including phenoxy) is 1. The van der Waals surface area contributed by atoms with Crippen LogP contribution in [0.5, 0.6) is 5.75 Å². The molecule has 1 aromatic carbocycles. The first-order valence-corrected chi connectivity index (χ1v) is 6.96. The molecule has 0 radical (unpaired) electrons. The maximum atomic E-state index is 13.6. The van der Waals surface area contributed by atoms with Gasteiger partial charge >= 0.3 is 0 Å². The summed E-state index contributed by atoms with van der Waals surface area (Å²) < 4.78 is 19.0. The van der Waals surface area contributed by atoms with Crippen LogP contribution in [0.15, 0.2) is 18.2 Å². The number of hydrogen-bond acceptors (Lipinski definition) is 3. The number of piperidine rings is 1. The molecule has 0 saturated carbocycles. The van der Waals surface area contributed by atoms with Crippen LogP contribution in [0.2, 0.25) is 0 Å². The van der Waals surface area contributed by atoms with Gasteiger partial charge in [0, 0.05) is 24.7 Å². The van der Waals surface area contributed by atoms with Crippen LogP contribution in [0.3, 0.4) is 0 Å². The highest BCUT2D eigenvalue weighted by atomic mass is 19.1. The van der Waals surface area contributed by atoms with Crippen LogP contribution in [0, 0.1) is 5.82 Å². The third-order valence-electron chi connectivity index (χ3n) is 3.49. The smallest absolute Gasteiger partial charge is 0.260 e. The number of carbonyl (C=O) groups excluding carboxylic acids is 1. The minimum atomic E-state index is -0.862. The van der Waals surface area contributed by atoms with Crippen molar-refractivity contribution in [2.24, 2.45) is 0 Å². The Hall–Kier alpha value is -1.62. The van der Waals surface area contributed by atoms with Gasteiger partial charge in [-0.05, 0) is 38.3 Å². The summed E-state index contributed by atoms with van der Waals surface area (Å²) in [7, 11) is 0. The maximum absolute atomic E-state index is 13.6. The van der Waals surface area contributed by atoms with Gasteiger partial charge in [0.2, 0.25) is 0 Å². The molecule has 0 spiro atoms. The van der Waals surface area contributed by atoms with Gasteiger partial charge in [-0.25, -0.2) is 4.39 Å². The number of halogens is 1. The molecule has 1 saturated heterocycles. The third kappa shape index (κ3) is 3.70. The maximum Gasteiger partial charge on any atom is 0.260 e. The average molecular weight is 281 g/mol. The summed E-state index contributed by atoms with van der Waals surface area (Å²) in [5, 5.41) is 9.34. The molecule has 5 heteroatoms. The molecule has 1 amide bonds. The number of amides is 1. The van der Waals surface area contributed by atoms with Crippen molar-refractivity contribution in [3.8, 4) is 5.75 Å². The van der Waals surface area contributed by atoms with Crippen LogP contribution in [0.1, 0.15) is 37.9 Å². The molecule has 1 aromatic rings. The Morgan fingerprint density at radius 2 is 2.10 bits per heavy atom. The van der Waals surface area contributed by atoms with E-state index in [0.29, 0.717) is 5.75 Å². The molecule has 0 aliphatic carbocycles. The van der Waals surface area contributed by atoms with E-state index in [0.717, 1.165) is 32.4 Å². The summed E-state index contributed by atoms with van der Waals surface area (Å²) in [4.78, 5) is 13.7. The second-order valence-corrected chi connectivity index (χ2v) is 5.09. The number of nitrogens with zero attached hydrogens (tertiary/aromatic N) is 1. The summed E-state index contributed by atoms with van der Waals surface area (Å²) in [6.07, 6.45) is 2.36. The summed E-state index contributed by atoms with van der Waals surface area (Å²) in [5.41, 5.74) is 0.222. The predicted octanol–water partition coefficient (Wildman–Crippen LogP) is 2.27. The van der Waals surface area contributed by atoms with E-state index in [1.807, 2.05) is 0 Å². The van der Waals surface area contributed by atoms with Gasteiger partial charge in [-0.1, -0.05) is 0 Å². The van der Waals surface area contributed by atoms with E-state index < -0.39 is 11.9 Å². The summed E-state index contributed by atoms with van der Waals surface area (Å²) in [5.74, 6) is -0.287. The fraction of sp³-hybridized carbons (Fsp3) is 0.533. The highest BCUT2D eigenvalue weighted by Gasteiger charge is 2.17. The van der Waals surface area contributed by atoms with Crippen LogP contribution in [0.25, 0.3) is 0 Å². The first kappa shape index (κ1) is 14.8. The Morgan fingerprint density at radius 1 is 1.40 bits per heavy atom. The van der Waals surface area contributed by atoms with Crippen molar-refractivity contribution in [3.05, 3.63) is 29.6 Å². The van der Waals surface area contributed by atoms with Gasteiger partial charge in [0.25, 0.3) is 5.91 Å². The molecular formula is C15H20FNO3. The molecule has 1 aliphatic heterocycles. The van der Waals surface area contributed by atoms with Gasteiger partial charge < -0.3 is 14.7 Å². The van der Waals surface area contributed by atoms with Crippen LogP contribution in [0.4, 0.5) is 4.39 Å². The highest BCUT2D eigenvalue weighted by molar-refractivity contribution is 5.77. The van der Waals surface area contributed by atoms with Crippen LogP contribution in [-0.4, -0.2) is 35.6 Å². The molecule has 1 N–H and O–H groups in total. The topological polar surface area (TPSA) is 49.8 Å². The monoisotopic (exact) mass is 281 g/mol. The van der Waals surface area contributed by atoms with Crippen molar-refractivity contribution >= 4 is 5.91 Å². The zero-order valence-electron chi connectivity index (χ0n) is 11.6. The number of benzene rings is 1. The van der Waals surface area contributed by atoms with Gasteiger partial charge in [0.15, 0.2) is 6.61 Å². The first-order chi connectivity index (χ1) is 9.58. The SMILES string of the molecule is C[C@H](O)c1ccc(OCC(=O)N2CCCCC2)cc1F. The van der Waals surface area contributed by atoms with E-state index in [1.165, 1.54) is 19.1 Å². The summed E-state index contributed by atoms with van der Waals surface area (Å²) in [6.45, 7) is 2.97. The minimum absolute atomic E-state index is 0.0651. The van der Waals surface area contributed by atoms with Crippen LogP contribution >= 0.6 is 0 Å². The van der Waals surface area contributed by atoms with E-state index in [4.69, 9.17) is 4.74 Å². The Bertz CT molecular complexity index is 470.